The monoisotopic (exact) mass is 256 g/mol. The number of ether oxygens (including phenoxy) is 1. The Bertz CT molecular complexity index is 483. The number of hydrogen-bond acceptors (Lipinski definition) is 2. The van der Waals surface area contributed by atoms with Crippen LogP contribution >= 0.6 is 0 Å². The van der Waals surface area contributed by atoms with Crippen molar-refractivity contribution >= 4 is 11.9 Å². The van der Waals surface area contributed by atoms with E-state index in [1.807, 2.05) is 42.5 Å². The van der Waals surface area contributed by atoms with Crippen molar-refractivity contribution in [3.05, 3.63) is 53.3 Å². The van der Waals surface area contributed by atoms with Gasteiger partial charge in [-0.15, -0.1) is 0 Å². The molecule has 1 aliphatic rings. The lowest BCUT2D eigenvalue weighted by Gasteiger charge is -2.15. The average Bonchev–Trinajstić information content (AvgIpc) is 2.48. The first-order valence-electron chi connectivity index (χ1n) is 6.94. The zero-order valence-electron chi connectivity index (χ0n) is 11.4. The molecule has 2 rings (SSSR count). The van der Waals surface area contributed by atoms with Gasteiger partial charge in [0.1, 0.15) is 0 Å². The van der Waals surface area contributed by atoms with Crippen LogP contribution in [0.25, 0.3) is 6.08 Å². The predicted octanol–water partition coefficient (Wildman–Crippen LogP) is 4.13. The first kappa shape index (κ1) is 13.6. The lowest BCUT2D eigenvalue weighted by molar-refractivity contribution is -0.115. The third-order valence-corrected chi connectivity index (χ3v) is 3.11. The maximum atomic E-state index is 12.4. The highest BCUT2D eigenvalue weighted by molar-refractivity contribution is 6.09. The van der Waals surface area contributed by atoms with E-state index in [2.05, 4.69) is 6.92 Å². The van der Waals surface area contributed by atoms with E-state index in [9.17, 15) is 4.79 Å². The molecule has 0 bridgehead atoms. The van der Waals surface area contributed by atoms with E-state index in [0.29, 0.717) is 12.4 Å². The number of benzene rings is 1. The maximum absolute atomic E-state index is 12.4. The second kappa shape index (κ2) is 6.93. The topological polar surface area (TPSA) is 26.3 Å². The molecule has 1 aromatic carbocycles. The number of Topliss-reactive ketones (excluding diaryl/α,β-unsaturated/α-hetero) is 1. The highest BCUT2D eigenvalue weighted by atomic mass is 16.5. The van der Waals surface area contributed by atoms with Crippen LogP contribution in [0.1, 0.15) is 38.2 Å². The summed E-state index contributed by atoms with van der Waals surface area (Å²) in [7, 11) is 0. The van der Waals surface area contributed by atoms with Crippen LogP contribution in [0.4, 0.5) is 0 Å². The van der Waals surface area contributed by atoms with Crippen LogP contribution in [-0.2, 0) is 9.53 Å². The zero-order chi connectivity index (χ0) is 13.5. The molecule has 100 valence electrons. The summed E-state index contributed by atoms with van der Waals surface area (Å²) in [6.45, 7) is 2.74. The summed E-state index contributed by atoms with van der Waals surface area (Å²) in [5, 5.41) is 0. The van der Waals surface area contributed by atoms with E-state index in [1.54, 1.807) is 0 Å². The van der Waals surface area contributed by atoms with Crippen LogP contribution in [0.2, 0.25) is 0 Å². The van der Waals surface area contributed by atoms with Crippen molar-refractivity contribution in [2.75, 3.05) is 6.61 Å². The molecular formula is C17H20O2. The molecule has 2 nitrogen and oxygen atoms in total. The summed E-state index contributed by atoms with van der Waals surface area (Å²) in [5.74, 6) is 0.576. The molecule has 1 aromatic rings. The molecular weight excluding hydrogens is 236 g/mol. The van der Waals surface area contributed by atoms with Gasteiger partial charge in [-0.25, -0.2) is 0 Å². The Kier molecular flexibility index (Phi) is 4.96. The SMILES string of the molecule is CCC/C(=C\c1ccccc1)C(=O)C1=CCCCO1. The Morgan fingerprint density at radius 2 is 2.11 bits per heavy atom. The van der Waals surface area contributed by atoms with Crippen molar-refractivity contribution in [2.45, 2.75) is 32.6 Å². The second-order valence-corrected chi connectivity index (χ2v) is 4.72. The van der Waals surface area contributed by atoms with Gasteiger partial charge in [0, 0.05) is 5.57 Å². The minimum Gasteiger partial charge on any atom is -0.490 e. The molecule has 0 atom stereocenters. The minimum absolute atomic E-state index is 0.0467. The van der Waals surface area contributed by atoms with Gasteiger partial charge in [0.05, 0.1) is 6.61 Å². The minimum atomic E-state index is 0.0467. The number of allylic oxidation sites excluding steroid dienone is 2. The molecule has 0 aliphatic carbocycles. The normalized spacial score (nSPS) is 15.6. The van der Waals surface area contributed by atoms with Gasteiger partial charge in [-0.05, 0) is 37.0 Å². The molecule has 0 saturated heterocycles. The van der Waals surface area contributed by atoms with E-state index in [4.69, 9.17) is 4.74 Å². The third kappa shape index (κ3) is 3.82. The molecule has 0 N–H and O–H groups in total. The predicted molar refractivity (Wildman–Crippen MR) is 77.6 cm³/mol. The highest BCUT2D eigenvalue weighted by Crippen LogP contribution is 2.20. The molecule has 0 unspecified atom stereocenters. The van der Waals surface area contributed by atoms with Crippen molar-refractivity contribution in [1.29, 1.82) is 0 Å². The average molecular weight is 256 g/mol. The fourth-order valence-electron chi connectivity index (χ4n) is 2.15. The Morgan fingerprint density at radius 1 is 1.32 bits per heavy atom. The fourth-order valence-corrected chi connectivity index (χ4v) is 2.15. The van der Waals surface area contributed by atoms with E-state index in [0.717, 1.165) is 36.8 Å². The lowest BCUT2D eigenvalue weighted by atomic mass is 10.00. The molecule has 2 heteroatoms. The third-order valence-electron chi connectivity index (χ3n) is 3.11. The molecule has 0 radical (unpaired) electrons. The number of rotatable bonds is 5. The van der Waals surface area contributed by atoms with Crippen molar-refractivity contribution in [3.63, 3.8) is 0 Å². The van der Waals surface area contributed by atoms with E-state index >= 15 is 0 Å². The zero-order valence-corrected chi connectivity index (χ0v) is 11.4. The van der Waals surface area contributed by atoms with Crippen LogP contribution in [0.5, 0.6) is 0 Å². The van der Waals surface area contributed by atoms with Gasteiger partial charge in [-0.2, -0.15) is 0 Å². The second-order valence-electron chi connectivity index (χ2n) is 4.72. The van der Waals surface area contributed by atoms with Gasteiger partial charge in [0.25, 0.3) is 0 Å². The largest absolute Gasteiger partial charge is 0.490 e. The van der Waals surface area contributed by atoms with Gasteiger partial charge >= 0.3 is 0 Å². The molecule has 0 spiro atoms. The summed E-state index contributed by atoms with van der Waals surface area (Å²) in [6.07, 6.45) is 7.57. The molecule has 0 saturated carbocycles. The van der Waals surface area contributed by atoms with Gasteiger partial charge in [0.2, 0.25) is 5.78 Å². The van der Waals surface area contributed by atoms with Gasteiger partial charge in [-0.3, -0.25) is 4.79 Å². The molecule has 0 amide bonds. The summed E-state index contributed by atoms with van der Waals surface area (Å²) >= 11 is 0. The van der Waals surface area contributed by atoms with E-state index in [1.165, 1.54) is 0 Å². The van der Waals surface area contributed by atoms with Crippen molar-refractivity contribution in [2.24, 2.45) is 0 Å². The van der Waals surface area contributed by atoms with Crippen LogP contribution < -0.4 is 0 Å². The van der Waals surface area contributed by atoms with Crippen molar-refractivity contribution in [1.82, 2.24) is 0 Å². The summed E-state index contributed by atoms with van der Waals surface area (Å²) in [4.78, 5) is 12.4. The van der Waals surface area contributed by atoms with Crippen LogP contribution in [0.3, 0.4) is 0 Å². The summed E-state index contributed by atoms with van der Waals surface area (Å²) in [6, 6.07) is 9.97. The Labute approximate surface area is 114 Å². The Morgan fingerprint density at radius 3 is 2.74 bits per heavy atom. The van der Waals surface area contributed by atoms with Gasteiger partial charge in [-0.1, -0.05) is 43.7 Å². The Hall–Kier alpha value is -1.83. The molecule has 1 aliphatic heterocycles. The highest BCUT2D eigenvalue weighted by Gasteiger charge is 2.17. The summed E-state index contributed by atoms with van der Waals surface area (Å²) < 4.78 is 5.48. The fraction of sp³-hybridized carbons (Fsp3) is 0.353. The van der Waals surface area contributed by atoms with Crippen molar-refractivity contribution < 1.29 is 9.53 Å². The van der Waals surface area contributed by atoms with E-state index < -0.39 is 0 Å². The van der Waals surface area contributed by atoms with Gasteiger partial charge in [0.15, 0.2) is 5.76 Å². The number of hydrogen-bond donors (Lipinski definition) is 0. The quantitative estimate of drug-likeness (QED) is 0.740. The molecule has 0 fully saturated rings. The number of ketones is 1. The first-order chi connectivity index (χ1) is 9.31. The molecule has 1 heterocycles. The number of carbonyl (C=O) groups is 1. The standard InChI is InChI=1S/C17H20O2/c1-2-8-15(13-14-9-4-3-5-10-14)17(18)16-11-6-7-12-19-16/h3-5,9-11,13H,2,6-8,12H2,1H3/b15-13+. The van der Waals surface area contributed by atoms with Crippen LogP contribution in [0, 0.1) is 0 Å². The van der Waals surface area contributed by atoms with E-state index in [-0.39, 0.29) is 5.78 Å². The van der Waals surface area contributed by atoms with Gasteiger partial charge < -0.3 is 4.74 Å². The lowest BCUT2D eigenvalue weighted by Crippen LogP contribution is -2.13. The molecule has 0 aromatic heterocycles. The van der Waals surface area contributed by atoms with Crippen molar-refractivity contribution in [3.8, 4) is 0 Å². The first-order valence-corrected chi connectivity index (χ1v) is 6.94. The van der Waals surface area contributed by atoms with Crippen LogP contribution in [-0.4, -0.2) is 12.4 Å². The molecule has 19 heavy (non-hydrogen) atoms. The smallest absolute Gasteiger partial charge is 0.223 e. The van der Waals surface area contributed by atoms with Crippen LogP contribution in [0.15, 0.2) is 47.7 Å². The number of carbonyl (C=O) groups excluding carboxylic acids is 1. The Balaban J connectivity index is 2.22. The summed E-state index contributed by atoms with van der Waals surface area (Å²) in [5.41, 5.74) is 1.90. The maximum Gasteiger partial charge on any atom is 0.223 e.